The molecule has 0 radical (unpaired) electrons. The second-order valence-electron chi connectivity index (χ2n) is 6.36. The lowest BCUT2D eigenvalue weighted by atomic mass is 10.0. The average molecular weight is 378 g/mol. The predicted molar refractivity (Wildman–Crippen MR) is 109 cm³/mol. The molecule has 4 nitrogen and oxygen atoms in total. The van der Waals surface area contributed by atoms with Gasteiger partial charge in [0.1, 0.15) is 5.78 Å². The number of rotatable bonds is 9. The lowest BCUT2D eigenvalue weighted by Crippen LogP contribution is -2.16. The van der Waals surface area contributed by atoms with Crippen LogP contribution in [0.2, 0.25) is 0 Å². The van der Waals surface area contributed by atoms with E-state index in [1.54, 1.807) is 17.5 Å². The van der Waals surface area contributed by atoms with Gasteiger partial charge < -0.3 is 5.32 Å². The number of carbonyl (C=O) groups excluding carboxylic acids is 2. The largest absolute Gasteiger partial charge is 0.326 e. The second kappa shape index (κ2) is 9.78. The molecule has 27 heavy (non-hydrogen) atoms. The normalized spacial score (nSPS) is 10.5. The number of thiazole rings is 1. The molecule has 0 aliphatic rings. The lowest BCUT2D eigenvalue weighted by Gasteiger charge is -2.11. The molecule has 0 atom stereocenters. The molecule has 2 aromatic carbocycles. The van der Waals surface area contributed by atoms with Crippen LogP contribution < -0.4 is 5.32 Å². The SMILES string of the molecule is O=C(CCCc1nccs1)Cc1ccccc1NC(=O)Cc1ccccc1. The van der Waals surface area contributed by atoms with E-state index in [0.29, 0.717) is 24.9 Å². The summed E-state index contributed by atoms with van der Waals surface area (Å²) in [6.07, 6.45) is 4.59. The van der Waals surface area contributed by atoms with Crippen molar-refractivity contribution < 1.29 is 9.59 Å². The first kappa shape index (κ1) is 19.0. The standard InChI is InChI=1S/C22H22N2O2S/c25-19(10-6-12-22-23-13-14-27-22)16-18-9-4-5-11-20(18)24-21(26)15-17-7-2-1-3-8-17/h1-5,7-9,11,13-14H,6,10,12,15-16H2,(H,24,26). The highest BCUT2D eigenvalue weighted by Gasteiger charge is 2.11. The monoisotopic (exact) mass is 378 g/mol. The topological polar surface area (TPSA) is 59.1 Å². The summed E-state index contributed by atoms with van der Waals surface area (Å²) >= 11 is 1.62. The number of Topliss-reactive ketones (excluding diaryl/α,β-unsaturated/α-hetero) is 1. The van der Waals surface area contributed by atoms with Crippen LogP contribution in [-0.4, -0.2) is 16.7 Å². The Labute approximate surface area is 163 Å². The number of benzene rings is 2. The van der Waals surface area contributed by atoms with Crippen molar-refractivity contribution in [3.63, 3.8) is 0 Å². The fraction of sp³-hybridized carbons (Fsp3) is 0.227. The number of anilines is 1. The van der Waals surface area contributed by atoms with E-state index < -0.39 is 0 Å². The fourth-order valence-corrected chi connectivity index (χ4v) is 3.55. The van der Waals surface area contributed by atoms with Gasteiger partial charge in [-0.3, -0.25) is 9.59 Å². The van der Waals surface area contributed by atoms with Crippen molar-refractivity contribution in [3.8, 4) is 0 Å². The van der Waals surface area contributed by atoms with Crippen molar-refractivity contribution in [2.24, 2.45) is 0 Å². The summed E-state index contributed by atoms with van der Waals surface area (Å²) in [5.74, 6) is 0.0983. The van der Waals surface area contributed by atoms with Gasteiger partial charge in [-0.15, -0.1) is 11.3 Å². The molecule has 1 amide bonds. The minimum Gasteiger partial charge on any atom is -0.326 e. The number of aromatic nitrogens is 1. The quantitative estimate of drug-likeness (QED) is 0.598. The second-order valence-corrected chi connectivity index (χ2v) is 7.34. The summed E-state index contributed by atoms with van der Waals surface area (Å²) < 4.78 is 0. The zero-order valence-electron chi connectivity index (χ0n) is 15.1. The molecule has 0 bridgehead atoms. The highest BCUT2D eigenvalue weighted by Crippen LogP contribution is 2.18. The molecule has 0 aliphatic heterocycles. The Hall–Kier alpha value is -2.79. The van der Waals surface area contributed by atoms with Gasteiger partial charge in [-0.1, -0.05) is 48.5 Å². The molecule has 5 heteroatoms. The molecule has 0 fully saturated rings. The molecule has 1 aromatic heterocycles. The molecule has 3 rings (SSSR count). The molecule has 0 unspecified atom stereocenters. The van der Waals surface area contributed by atoms with E-state index >= 15 is 0 Å². The molecule has 1 heterocycles. The molecular formula is C22H22N2O2S. The van der Waals surface area contributed by atoms with E-state index in [2.05, 4.69) is 10.3 Å². The van der Waals surface area contributed by atoms with Gasteiger partial charge in [0, 0.05) is 30.1 Å². The third-order valence-corrected chi connectivity index (χ3v) is 5.06. The zero-order valence-corrected chi connectivity index (χ0v) is 15.9. The Morgan fingerprint density at radius 1 is 0.963 bits per heavy atom. The molecule has 0 spiro atoms. The van der Waals surface area contributed by atoms with Crippen LogP contribution in [0.25, 0.3) is 0 Å². The Bertz CT molecular complexity index is 876. The zero-order chi connectivity index (χ0) is 18.9. The van der Waals surface area contributed by atoms with Gasteiger partial charge >= 0.3 is 0 Å². The summed E-state index contributed by atoms with van der Waals surface area (Å²) in [5, 5.41) is 5.96. The van der Waals surface area contributed by atoms with Crippen LogP contribution in [-0.2, 0) is 28.9 Å². The number of amides is 1. The summed E-state index contributed by atoms with van der Waals surface area (Å²) in [7, 11) is 0. The Morgan fingerprint density at radius 3 is 2.52 bits per heavy atom. The molecule has 1 N–H and O–H groups in total. The number of nitrogens with one attached hydrogen (secondary N) is 1. The molecule has 0 saturated carbocycles. The van der Waals surface area contributed by atoms with Crippen LogP contribution in [0, 0.1) is 0 Å². The van der Waals surface area contributed by atoms with Gasteiger partial charge in [-0.25, -0.2) is 4.98 Å². The number of ketones is 1. The van der Waals surface area contributed by atoms with Crippen molar-refractivity contribution in [2.75, 3.05) is 5.32 Å². The summed E-state index contributed by atoms with van der Waals surface area (Å²) in [5.41, 5.74) is 2.54. The average Bonchev–Trinajstić information content (AvgIpc) is 3.17. The van der Waals surface area contributed by atoms with Crippen molar-refractivity contribution in [3.05, 3.63) is 82.3 Å². The van der Waals surface area contributed by atoms with E-state index in [1.165, 1.54) is 0 Å². The van der Waals surface area contributed by atoms with Crippen molar-refractivity contribution >= 4 is 28.7 Å². The number of aryl methyl sites for hydroxylation is 1. The minimum absolute atomic E-state index is 0.0788. The van der Waals surface area contributed by atoms with Gasteiger partial charge in [0.15, 0.2) is 0 Å². The number of hydrogen-bond donors (Lipinski definition) is 1. The van der Waals surface area contributed by atoms with E-state index in [9.17, 15) is 9.59 Å². The van der Waals surface area contributed by atoms with E-state index in [1.807, 2.05) is 60.0 Å². The highest BCUT2D eigenvalue weighted by atomic mass is 32.1. The summed E-state index contributed by atoms with van der Waals surface area (Å²) in [6, 6.07) is 17.1. The maximum absolute atomic E-state index is 12.3. The summed E-state index contributed by atoms with van der Waals surface area (Å²) in [4.78, 5) is 28.9. The van der Waals surface area contributed by atoms with Crippen LogP contribution in [0.3, 0.4) is 0 Å². The number of carbonyl (C=O) groups is 2. The van der Waals surface area contributed by atoms with Crippen molar-refractivity contribution in [1.82, 2.24) is 4.98 Å². The Kier molecular flexibility index (Phi) is 6.88. The maximum Gasteiger partial charge on any atom is 0.228 e. The van der Waals surface area contributed by atoms with Crippen LogP contribution in [0.5, 0.6) is 0 Å². The first-order chi connectivity index (χ1) is 13.2. The van der Waals surface area contributed by atoms with Gasteiger partial charge in [-0.2, -0.15) is 0 Å². The van der Waals surface area contributed by atoms with Gasteiger partial charge in [-0.05, 0) is 30.0 Å². The van der Waals surface area contributed by atoms with Gasteiger partial charge in [0.05, 0.1) is 11.4 Å². The molecular weight excluding hydrogens is 356 g/mol. The Morgan fingerprint density at radius 2 is 1.74 bits per heavy atom. The Balaban J connectivity index is 1.53. The molecule has 138 valence electrons. The maximum atomic E-state index is 12.3. The highest BCUT2D eigenvalue weighted by molar-refractivity contribution is 7.09. The number of para-hydroxylation sites is 1. The molecule has 0 saturated heterocycles. The fourth-order valence-electron chi connectivity index (χ4n) is 2.89. The van der Waals surface area contributed by atoms with Crippen LogP contribution >= 0.6 is 11.3 Å². The van der Waals surface area contributed by atoms with E-state index in [0.717, 1.165) is 29.0 Å². The smallest absolute Gasteiger partial charge is 0.228 e. The van der Waals surface area contributed by atoms with Crippen LogP contribution in [0.15, 0.2) is 66.2 Å². The van der Waals surface area contributed by atoms with Crippen LogP contribution in [0.4, 0.5) is 5.69 Å². The van der Waals surface area contributed by atoms with E-state index in [4.69, 9.17) is 0 Å². The first-order valence-corrected chi connectivity index (χ1v) is 9.90. The number of hydrogen-bond acceptors (Lipinski definition) is 4. The van der Waals surface area contributed by atoms with Gasteiger partial charge in [0.25, 0.3) is 0 Å². The van der Waals surface area contributed by atoms with Crippen molar-refractivity contribution in [2.45, 2.75) is 32.1 Å². The lowest BCUT2D eigenvalue weighted by molar-refractivity contribution is -0.118. The third-order valence-electron chi connectivity index (χ3n) is 4.22. The van der Waals surface area contributed by atoms with Gasteiger partial charge in [0.2, 0.25) is 5.91 Å². The number of nitrogens with zero attached hydrogens (tertiary/aromatic N) is 1. The van der Waals surface area contributed by atoms with E-state index in [-0.39, 0.29) is 11.7 Å². The predicted octanol–water partition coefficient (Wildman–Crippen LogP) is 4.46. The van der Waals surface area contributed by atoms with Crippen LogP contribution in [0.1, 0.15) is 29.0 Å². The third kappa shape index (κ3) is 6.15. The molecule has 3 aromatic rings. The minimum atomic E-state index is -0.0788. The molecule has 0 aliphatic carbocycles. The first-order valence-electron chi connectivity index (χ1n) is 9.02. The summed E-state index contributed by atoms with van der Waals surface area (Å²) in [6.45, 7) is 0. The van der Waals surface area contributed by atoms with Crippen molar-refractivity contribution in [1.29, 1.82) is 0 Å².